The van der Waals surface area contributed by atoms with E-state index in [1.807, 2.05) is 0 Å². The lowest BCUT2D eigenvalue weighted by Crippen LogP contribution is -2.65. The van der Waals surface area contributed by atoms with Crippen molar-refractivity contribution < 1.29 is 38.1 Å². The van der Waals surface area contributed by atoms with Crippen molar-refractivity contribution in [2.24, 2.45) is 5.73 Å². The van der Waals surface area contributed by atoms with E-state index in [9.17, 15) is 19.5 Å². The van der Waals surface area contributed by atoms with Gasteiger partial charge in [-0.15, -0.1) is 0 Å². The number of amides is 2. The quantitative estimate of drug-likeness (QED) is 0.583. The zero-order valence-electron chi connectivity index (χ0n) is 17.4. The van der Waals surface area contributed by atoms with Gasteiger partial charge in [-0.25, -0.2) is 9.59 Å². The topological polar surface area (TPSA) is 160 Å². The van der Waals surface area contributed by atoms with Crippen LogP contribution in [-0.4, -0.2) is 54.4 Å². The number of primary amides is 1. The van der Waals surface area contributed by atoms with E-state index in [1.165, 1.54) is 26.2 Å². The predicted octanol–water partition coefficient (Wildman–Crippen LogP) is 1.10. The maximum absolute atomic E-state index is 12.1. The van der Waals surface area contributed by atoms with Crippen LogP contribution in [0.3, 0.4) is 0 Å². The van der Waals surface area contributed by atoms with Crippen molar-refractivity contribution in [3.63, 3.8) is 0 Å². The van der Waals surface area contributed by atoms with E-state index in [0.29, 0.717) is 5.39 Å². The number of anilines is 1. The fourth-order valence-corrected chi connectivity index (χ4v) is 3.52. The highest BCUT2D eigenvalue weighted by Gasteiger charge is 2.53. The second-order valence-electron chi connectivity index (χ2n) is 7.58. The van der Waals surface area contributed by atoms with Crippen molar-refractivity contribution in [1.82, 2.24) is 0 Å². The van der Waals surface area contributed by atoms with Crippen LogP contribution in [0.15, 0.2) is 33.5 Å². The van der Waals surface area contributed by atoms with E-state index in [1.54, 1.807) is 26.0 Å². The number of nitrogens with two attached hydrogens (primary N) is 1. The Morgan fingerprint density at radius 1 is 1.26 bits per heavy atom. The van der Waals surface area contributed by atoms with Gasteiger partial charge >= 0.3 is 11.7 Å². The summed E-state index contributed by atoms with van der Waals surface area (Å²) in [4.78, 5) is 34.6. The first-order valence-corrected chi connectivity index (χ1v) is 9.38. The van der Waals surface area contributed by atoms with E-state index in [0.717, 1.165) is 0 Å². The van der Waals surface area contributed by atoms with Crippen LogP contribution < -0.4 is 21.4 Å². The Morgan fingerprint density at radius 3 is 2.58 bits per heavy atom. The van der Waals surface area contributed by atoms with E-state index in [4.69, 9.17) is 29.1 Å². The SMILES string of the molecule is CO[C@@H]1[C@@H](OC(N)=O)C(O)[C@H](Oc2ccc3cc(NC(C)=O)c(=O)oc3c2)OC1(C)C. The highest BCUT2D eigenvalue weighted by molar-refractivity contribution is 5.91. The standard InChI is InChI=1S/C20H24N2O9/c1-9(23)22-12-7-10-5-6-11(8-13(10)29-17(12)25)28-18-14(24)15(30-19(21)26)16(27-4)20(2,3)31-18/h5-8,14-16,18,24H,1-4H3,(H2,21,26)(H,22,23)/t14?,15-,16+,18+/m0/s1. The number of aliphatic hydroxyl groups excluding tert-OH is 1. The molecule has 4 atom stereocenters. The molecular formula is C20H24N2O9. The Morgan fingerprint density at radius 2 is 1.97 bits per heavy atom. The smallest absolute Gasteiger partial charge is 0.404 e. The van der Waals surface area contributed by atoms with Crippen molar-refractivity contribution in [1.29, 1.82) is 0 Å². The molecule has 1 aromatic heterocycles. The molecule has 2 aromatic rings. The molecule has 0 bridgehead atoms. The number of aliphatic hydroxyl groups is 1. The van der Waals surface area contributed by atoms with Crippen LogP contribution in [0.5, 0.6) is 5.75 Å². The molecule has 1 fully saturated rings. The molecule has 11 nitrogen and oxygen atoms in total. The maximum atomic E-state index is 12.1. The minimum Gasteiger partial charge on any atom is -0.462 e. The van der Waals surface area contributed by atoms with Crippen molar-refractivity contribution in [3.05, 3.63) is 34.7 Å². The van der Waals surface area contributed by atoms with Crippen LogP contribution in [-0.2, 0) is 19.0 Å². The Hall–Kier alpha value is -3.15. The van der Waals surface area contributed by atoms with Crippen molar-refractivity contribution >= 4 is 28.7 Å². The van der Waals surface area contributed by atoms with Crippen LogP contribution in [0.2, 0.25) is 0 Å². The highest BCUT2D eigenvalue weighted by Crippen LogP contribution is 2.34. The van der Waals surface area contributed by atoms with Crippen LogP contribution in [0.1, 0.15) is 20.8 Å². The molecule has 2 amide bonds. The molecule has 0 spiro atoms. The Labute approximate surface area is 177 Å². The molecule has 168 valence electrons. The summed E-state index contributed by atoms with van der Waals surface area (Å²) in [6.45, 7) is 4.65. The van der Waals surface area contributed by atoms with E-state index in [-0.39, 0.29) is 17.0 Å². The molecule has 3 rings (SSSR count). The zero-order valence-corrected chi connectivity index (χ0v) is 17.4. The minimum absolute atomic E-state index is 0.0125. The summed E-state index contributed by atoms with van der Waals surface area (Å²) in [5.74, 6) is -0.184. The number of benzene rings is 1. The normalized spacial score (nSPS) is 25.1. The number of ether oxygens (including phenoxy) is 4. The lowest BCUT2D eigenvalue weighted by molar-refractivity contribution is -0.304. The lowest BCUT2D eigenvalue weighted by atomic mass is 9.89. The molecule has 1 unspecified atom stereocenters. The van der Waals surface area contributed by atoms with E-state index >= 15 is 0 Å². The molecule has 4 N–H and O–H groups in total. The molecule has 11 heteroatoms. The van der Waals surface area contributed by atoms with Gasteiger partial charge in [-0.1, -0.05) is 0 Å². The van der Waals surface area contributed by atoms with Crippen LogP contribution in [0, 0.1) is 0 Å². The summed E-state index contributed by atoms with van der Waals surface area (Å²) in [7, 11) is 1.39. The van der Waals surface area contributed by atoms with Gasteiger partial charge in [-0.05, 0) is 32.0 Å². The van der Waals surface area contributed by atoms with Gasteiger partial charge in [0.1, 0.15) is 23.1 Å². The third-order valence-electron chi connectivity index (χ3n) is 4.80. The molecule has 0 radical (unpaired) electrons. The molecular weight excluding hydrogens is 412 g/mol. The van der Waals surface area contributed by atoms with Gasteiger partial charge < -0.3 is 39.5 Å². The summed E-state index contributed by atoms with van der Waals surface area (Å²) in [5.41, 5.74) is 3.60. The maximum Gasteiger partial charge on any atom is 0.404 e. The first kappa shape index (κ1) is 22.5. The zero-order chi connectivity index (χ0) is 22.9. The van der Waals surface area contributed by atoms with Gasteiger partial charge in [0.25, 0.3) is 0 Å². The summed E-state index contributed by atoms with van der Waals surface area (Å²) in [6.07, 6.45) is -5.69. The predicted molar refractivity (Wildman–Crippen MR) is 108 cm³/mol. The number of fused-ring (bicyclic) bond motifs is 1. The number of carbonyl (C=O) groups is 2. The van der Waals surface area contributed by atoms with Gasteiger partial charge in [0.15, 0.2) is 12.2 Å². The Kier molecular flexibility index (Phi) is 6.20. The average Bonchev–Trinajstić information content (AvgIpc) is 2.65. The summed E-state index contributed by atoms with van der Waals surface area (Å²) >= 11 is 0. The Bertz CT molecular complexity index is 1050. The average molecular weight is 436 g/mol. The molecule has 31 heavy (non-hydrogen) atoms. The highest BCUT2D eigenvalue weighted by atomic mass is 16.7. The first-order valence-electron chi connectivity index (χ1n) is 9.38. The fraction of sp³-hybridized carbons (Fsp3) is 0.450. The molecule has 2 heterocycles. The molecule has 1 aromatic carbocycles. The summed E-state index contributed by atoms with van der Waals surface area (Å²) in [5, 5.41) is 13.6. The summed E-state index contributed by atoms with van der Waals surface area (Å²) < 4.78 is 27.2. The molecule has 1 aliphatic rings. The minimum atomic E-state index is -1.42. The van der Waals surface area contributed by atoms with Gasteiger partial charge in [0, 0.05) is 25.5 Å². The van der Waals surface area contributed by atoms with E-state index < -0.39 is 47.8 Å². The Balaban J connectivity index is 1.88. The fourth-order valence-electron chi connectivity index (χ4n) is 3.52. The van der Waals surface area contributed by atoms with Crippen LogP contribution >= 0.6 is 0 Å². The number of nitrogens with one attached hydrogen (secondary N) is 1. The second-order valence-corrected chi connectivity index (χ2v) is 7.58. The monoisotopic (exact) mass is 436 g/mol. The van der Waals surface area contributed by atoms with Crippen LogP contribution in [0.4, 0.5) is 10.5 Å². The molecule has 1 saturated heterocycles. The first-order chi connectivity index (χ1) is 14.5. The largest absolute Gasteiger partial charge is 0.462 e. The number of hydrogen-bond acceptors (Lipinski definition) is 9. The molecule has 0 aliphatic carbocycles. The van der Waals surface area contributed by atoms with Crippen molar-refractivity contribution in [2.75, 3.05) is 12.4 Å². The van der Waals surface area contributed by atoms with E-state index in [2.05, 4.69) is 5.32 Å². The van der Waals surface area contributed by atoms with Crippen LogP contribution in [0.25, 0.3) is 11.0 Å². The number of hydrogen-bond donors (Lipinski definition) is 3. The van der Waals surface area contributed by atoms with Gasteiger partial charge in [-0.3, -0.25) is 4.79 Å². The third kappa shape index (κ3) is 4.79. The van der Waals surface area contributed by atoms with Gasteiger partial charge in [-0.2, -0.15) is 0 Å². The second kappa shape index (κ2) is 8.53. The van der Waals surface area contributed by atoms with Gasteiger partial charge in [0.05, 0.1) is 5.60 Å². The number of methoxy groups -OCH3 is 1. The summed E-state index contributed by atoms with van der Waals surface area (Å²) in [6, 6.07) is 6.08. The number of carbonyl (C=O) groups excluding carboxylic acids is 2. The third-order valence-corrected chi connectivity index (χ3v) is 4.80. The lowest BCUT2D eigenvalue weighted by Gasteiger charge is -2.47. The molecule has 0 saturated carbocycles. The van der Waals surface area contributed by atoms with Gasteiger partial charge in [0.2, 0.25) is 12.2 Å². The van der Waals surface area contributed by atoms with Crippen molar-refractivity contribution in [2.45, 2.75) is 51.0 Å². The van der Waals surface area contributed by atoms with Crippen molar-refractivity contribution in [3.8, 4) is 5.75 Å². The number of rotatable bonds is 5. The molecule has 1 aliphatic heterocycles.